The molecule has 1 amide bonds. The Morgan fingerprint density at radius 1 is 1.21 bits per heavy atom. The van der Waals surface area contributed by atoms with Gasteiger partial charge in [-0.1, -0.05) is 29.8 Å². The Bertz CT molecular complexity index is 912. The molecular weight excluding hydrogens is 376 g/mol. The smallest absolute Gasteiger partial charge is 0.262 e. The van der Waals surface area contributed by atoms with Crippen molar-refractivity contribution in [3.05, 3.63) is 64.2 Å². The fourth-order valence-corrected chi connectivity index (χ4v) is 2.68. The molecule has 0 heterocycles. The maximum absolute atomic E-state index is 12.1. The van der Waals surface area contributed by atoms with Crippen LogP contribution in [-0.2, 0) is 11.4 Å². The van der Waals surface area contributed by atoms with E-state index < -0.39 is 0 Å². The number of halogens is 1. The molecule has 0 bridgehead atoms. The zero-order valence-corrected chi connectivity index (χ0v) is 16.3. The number of hydrogen-bond acceptors (Lipinski definition) is 4. The molecule has 0 radical (unpaired) electrons. The molecule has 0 aliphatic heterocycles. The molecule has 0 saturated heterocycles. The summed E-state index contributed by atoms with van der Waals surface area (Å²) in [5.74, 6) is 0.811. The van der Waals surface area contributed by atoms with E-state index in [1.165, 1.54) is 0 Å². The Balaban J connectivity index is 1.75. The third-order valence-electron chi connectivity index (χ3n) is 4.16. The van der Waals surface area contributed by atoms with Crippen molar-refractivity contribution in [1.29, 1.82) is 5.26 Å². The van der Waals surface area contributed by atoms with Crippen molar-refractivity contribution < 1.29 is 14.3 Å². The highest BCUT2D eigenvalue weighted by atomic mass is 35.5. The fourth-order valence-electron chi connectivity index (χ4n) is 2.55. The van der Waals surface area contributed by atoms with E-state index in [2.05, 4.69) is 5.32 Å². The van der Waals surface area contributed by atoms with Crippen LogP contribution in [0.2, 0.25) is 5.02 Å². The van der Waals surface area contributed by atoms with Crippen molar-refractivity contribution in [1.82, 2.24) is 5.32 Å². The van der Waals surface area contributed by atoms with Crippen LogP contribution >= 0.6 is 11.6 Å². The molecule has 5 nitrogen and oxygen atoms in total. The number of hydrogen-bond donors (Lipinski definition) is 1. The zero-order chi connectivity index (χ0) is 19.9. The first kappa shape index (κ1) is 19.8. The van der Waals surface area contributed by atoms with E-state index in [-0.39, 0.29) is 17.5 Å². The van der Waals surface area contributed by atoms with Gasteiger partial charge in [-0.3, -0.25) is 4.79 Å². The SMILES string of the molecule is CCOc1cc(/C=C(\C#N)C(=O)NC2CC2)ccc1OCc1ccc(Cl)cc1. The summed E-state index contributed by atoms with van der Waals surface area (Å²) in [6, 6.07) is 14.9. The molecule has 0 aromatic heterocycles. The normalized spacial score (nSPS) is 13.5. The van der Waals surface area contributed by atoms with Crippen LogP contribution in [0.25, 0.3) is 6.08 Å². The average molecular weight is 397 g/mol. The molecule has 2 aromatic carbocycles. The lowest BCUT2D eigenvalue weighted by atomic mass is 10.1. The summed E-state index contributed by atoms with van der Waals surface area (Å²) in [5.41, 5.74) is 1.76. The van der Waals surface area contributed by atoms with Crippen molar-refractivity contribution in [2.24, 2.45) is 0 Å². The molecule has 1 saturated carbocycles. The first-order valence-electron chi connectivity index (χ1n) is 9.15. The van der Waals surface area contributed by atoms with Crippen LogP contribution < -0.4 is 14.8 Å². The molecule has 6 heteroatoms. The van der Waals surface area contributed by atoms with Crippen molar-refractivity contribution in [2.75, 3.05) is 6.61 Å². The molecule has 1 fully saturated rings. The summed E-state index contributed by atoms with van der Waals surface area (Å²) >= 11 is 5.90. The van der Waals surface area contributed by atoms with Gasteiger partial charge in [0.25, 0.3) is 5.91 Å². The van der Waals surface area contributed by atoms with Crippen molar-refractivity contribution in [2.45, 2.75) is 32.4 Å². The maximum Gasteiger partial charge on any atom is 0.262 e. The van der Waals surface area contributed by atoms with Gasteiger partial charge in [0, 0.05) is 11.1 Å². The van der Waals surface area contributed by atoms with E-state index in [0.29, 0.717) is 35.3 Å². The highest BCUT2D eigenvalue weighted by molar-refractivity contribution is 6.30. The van der Waals surface area contributed by atoms with Crippen LogP contribution in [0, 0.1) is 11.3 Å². The molecule has 3 rings (SSSR count). The summed E-state index contributed by atoms with van der Waals surface area (Å²) in [6.07, 6.45) is 3.50. The van der Waals surface area contributed by atoms with Gasteiger partial charge in [0.05, 0.1) is 6.61 Å². The highest BCUT2D eigenvalue weighted by Gasteiger charge is 2.24. The standard InChI is InChI=1S/C22H21ClN2O3/c1-2-27-21-12-16(11-17(13-24)22(26)25-19-8-9-19)5-10-20(21)28-14-15-3-6-18(23)7-4-15/h3-7,10-12,19H,2,8-9,14H2,1H3,(H,25,26)/b17-11+. The molecule has 0 unspecified atom stereocenters. The summed E-state index contributed by atoms with van der Waals surface area (Å²) in [7, 11) is 0. The van der Waals surface area contributed by atoms with E-state index in [9.17, 15) is 10.1 Å². The summed E-state index contributed by atoms with van der Waals surface area (Å²) < 4.78 is 11.6. The predicted octanol–water partition coefficient (Wildman–Crippen LogP) is 4.50. The third-order valence-corrected chi connectivity index (χ3v) is 4.42. The number of amides is 1. The molecule has 144 valence electrons. The number of benzene rings is 2. The van der Waals surface area contributed by atoms with Crippen LogP contribution in [0.4, 0.5) is 0 Å². The number of carbonyl (C=O) groups is 1. The van der Waals surface area contributed by atoms with E-state index in [0.717, 1.165) is 18.4 Å². The van der Waals surface area contributed by atoms with Crippen LogP contribution in [-0.4, -0.2) is 18.6 Å². The number of nitriles is 1. The minimum Gasteiger partial charge on any atom is -0.490 e. The van der Waals surface area contributed by atoms with Crippen molar-refractivity contribution >= 4 is 23.6 Å². The lowest BCUT2D eigenvalue weighted by Crippen LogP contribution is -2.26. The van der Waals surface area contributed by atoms with Gasteiger partial charge >= 0.3 is 0 Å². The van der Waals surface area contributed by atoms with Crippen molar-refractivity contribution in [3.8, 4) is 17.6 Å². The Hall–Kier alpha value is -2.97. The molecule has 0 atom stereocenters. The minimum atomic E-state index is -0.342. The lowest BCUT2D eigenvalue weighted by Gasteiger charge is -2.13. The number of rotatable bonds is 8. The molecule has 0 spiro atoms. The summed E-state index contributed by atoms with van der Waals surface area (Å²) in [6.45, 7) is 2.73. The Morgan fingerprint density at radius 3 is 2.61 bits per heavy atom. The van der Waals surface area contributed by atoms with E-state index >= 15 is 0 Å². The minimum absolute atomic E-state index is 0.0733. The first-order valence-corrected chi connectivity index (χ1v) is 9.53. The van der Waals surface area contributed by atoms with Gasteiger partial charge in [-0.2, -0.15) is 5.26 Å². The second-order valence-electron chi connectivity index (χ2n) is 6.47. The van der Waals surface area contributed by atoms with E-state index in [1.54, 1.807) is 24.3 Å². The van der Waals surface area contributed by atoms with Crippen LogP contribution in [0.3, 0.4) is 0 Å². The molecule has 28 heavy (non-hydrogen) atoms. The average Bonchev–Trinajstić information content (AvgIpc) is 3.51. The highest BCUT2D eigenvalue weighted by Crippen LogP contribution is 2.30. The van der Waals surface area contributed by atoms with Crippen molar-refractivity contribution in [3.63, 3.8) is 0 Å². The molecule has 1 aliphatic carbocycles. The van der Waals surface area contributed by atoms with Crippen LogP contribution in [0.5, 0.6) is 11.5 Å². The van der Waals surface area contributed by atoms with Gasteiger partial charge in [0.1, 0.15) is 18.2 Å². The summed E-state index contributed by atoms with van der Waals surface area (Å²) in [5, 5.41) is 12.8. The van der Waals surface area contributed by atoms with Gasteiger partial charge in [-0.15, -0.1) is 0 Å². The van der Waals surface area contributed by atoms with E-state index in [4.69, 9.17) is 21.1 Å². The van der Waals surface area contributed by atoms with E-state index in [1.807, 2.05) is 37.3 Å². The monoisotopic (exact) mass is 396 g/mol. The number of ether oxygens (including phenoxy) is 2. The van der Waals surface area contributed by atoms with Crippen LogP contribution in [0.1, 0.15) is 30.9 Å². The quantitative estimate of drug-likeness (QED) is 0.526. The molecular formula is C22H21ClN2O3. The lowest BCUT2D eigenvalue weighted by molar-refractivity contribution is -0.117. The predicted molar refractivity (Wildman–Crippen MR) is 108 cm³/mol. The Kier molecular flexibility index (Phi) is 6.57. The van der Waals surface area contributed by atoms with Gasteiger partial charge in [-0.05, 0) is 61.2 Å². The Morgan fingerprint density at radius 2 is 1.96 bits per heavy atom. The largest absolute Gasteiger partial charge is 0.490 e. The topological polar surface area (TPSA) is 71.3 Å². The summed E-state index contributed by atoms with van der Waals surface area (Å²) in [4.78, 5) is 12.1. The molecule has 2 aromatic rings. The molecule has 1 aliphatic rings. The maximum atomic E-state index is 12.1. The number of carbonyl (C=O) groups excluding carboxylic acids is 1. The number of nitrogens with one attached hydrogen (secondary N) is 1. The van der Waals surface area contributed by atoms with Gasteiger partial charge in [0.2, 0.25) is 0 Å². The fraction of sp³-hybridized carbons (Fsp3) is 0.273. The van der Waals surface area contributed by atoms with Crippen LogP contribution in [0.15, 0.2) is 48.0 Å². The van der Waals surface area contributed by atoms with Gasteiger partial charge in [0.15, 0.2) is 11.5 Å². The zero-order valence-electron chi connectivity index (χ0n) is 15.6. The third kappa shape index (κ3) is 5.51. The Labute approximate surface area is 169 Å². The second kappa shape index (κ2) is 9.29. The second-order valence-corrected chi connectivity index (χ2v) is 6.91. The first-order chi connectivity index (χ1) is 13.6. The number of nitrogens with zero attached hydrogens (tertiary/aromatic N) is 1. The molecule has 1 N–H and O–H groups in total. The van der Waals surface area contributed by atoms with Gasteiger partial charge < -0.3 is 14.8 Å². The van der Waals surface area contributed by atoms with Gasteiger partial charge in [-0.25, -0.2) is 0 Å².